The van der Waals surface area contributed by atoms with Gasteiger partial charge in [0.1, 0.15) is 5.82 Å². The first-order valence-corrected chi connectivity index (χ1v) is 9.81. The van der Waals surface area contributed by atoms with Crippen LogP contribution < -0.4 is 5.32 Å². The van der Waals surface area contributed by atoms with Crippen molar-refractivity contribution in [3.05, 3.63) is 65.7 Å². The van der Waals surface area contributed by atoms with Gasteiger partial charge in [-0.2, -0.15) is 0 Å². The van der Waals surface area contributed by atoms with Crippen LogP contribution in [0.15, 0.2) is 48.8 Å². The van der Waals surface area contributed by atoms with E-state index in [-0.39, 0.29) is 29.6 Å². The summed E-state index contributed by atoms with van der Waals surface area (Å²) in [5.74, 6) is -0.551. The van der Waals surface area contributed by atoms with Crippen molar-refractivity contribution in [1.82, 2.24) is 15.2 Å². The monoisotopic (exact) mass is 385 g/mol. The SMILES string of the molecule is CC(C)C(C(=O)NCC(c1cccnc1)N1CCOCC1)c1ccc(F)cc1. The van der Waals surface area contributed by atoms with Gasteiger partial charge in [0.15, 0.2) is 0 Å². The molecule has 1 aliphatic rings. The van der Waals surface area contributed by atoms with E-state index < -0.39 is 0 Å². The zero-order valence-corrected chi connectivity index (χ0v) is 16.5. The molecule has 2 atom stereocenters. The number of nitrogens with zero attached hydrogens (tertiary/aromatic N) is 2. The predicted molar refractivity (Wildman–Crippen MR) is 106 cm³/mol. The predicted octanol–water partition coefficient (Wildman–Crippen LogP) is 3.15. The van der Waals surface area contributed by atoms with Crippen molar-refractivity contribution in [2.75, 3.05) is 32.8 Å². The molecule has 2 aromatic rings. The molecule has 1 aromatic heterocycles. The molecule has 0 saturated carbocycles. The lowest BCUT2D eigenvalue weighted by atomic mass is 9.87. The van der Waals surface area contributed by atoms with Crippen molar-refractivity contribution >= 4 is 5.91 Å². The van der Waals surface area contributed by atoms with Gasteiger partial charge < -0.3 is 10.1 Å². The third kappa shape index (κ3) is 5.14. The van der Waals surface area contributed by atoms with Crippen LogP contribution in [0.5, 0.6) is 0 Å². The molecule has 0 spiro atoms. The van der Waals surface area contributed by atoms with E-state index in [2.05, 4.69) is 15.2 Å². The van der Waals surface area contributed by atoms with Gasteiger partial charge in [-0.1, -0.05) is 32.0 Å². The number of amides is 1. The van der Waals surface area contributed by atoms with E-state index in [1.807, 2.05) is 32.2 Å². The van der Waals surface area contributed by atoms with Crippen molar-refractivity contribution in [2.24, 2.45) is 5.92 Å². The molecule has 1 amide bonds. The van der Waals surface area contributed by atoms with E-state index in [0.29, 0.717) is 19.8 Å². The van der Waals surface area contributed by atoms with Crippen LogP contribution in [0.4, 0.5) is 4.39 Å². The Balaban J connectivity index is 1.73. The molecular weight excluding hydrogens is 357 g/mol. The molecule has 0 bridgehead atoms. The summed E-state index contributed by atoms with van der Waals surface area (Å²) in [5, 5.41) is 3.13. The van der Waals surface area contributed by atoms with Crippen molar-refractivity contribution < 1.29 is 13.9 Å². The van der Waals surface area contributed by atoms with Gasteiger partial charge in [-0.3, -0.25) is 14.7 Å². The minimum Gasteiger partial charge on any atom is -0.379 e. The Morgan fingerprint density at radius 3 is 2.50 bits per heavy atom. The smallest absolute Gasteiger partial charge is 0.227 e. The molecule has 2 heterocycles. The fraction of sp³-hybridized carbons (Fsp3) is 0.455. The molecule has 1 saturated heterocycles. The first-order valence-electron chi connectivity index (χ1n) is 9.81. The summed E-state index contributed by atoms with van der Waals surface area (Å²) in [6, 6.07) is 10.2. The van der Waals surface area contributed by atoms with Gasteiger partial charge in [0.25, 0.3) is 0 Å². The number of ether oxygens (including phenoxy) is 1. The first-order chi connectivity index (χ1) is 13.6. The van der Waals surface area contributed by atoms with E-state index in [4.69, 9.17) is 4.74 Å². The molecule has 2 unspecified atom stereocenters. The number of aromatic nitrogens is 1. The van der Waals surface area contributed by atoms with E-state index in [0.717, 1.165) is 24.2 Å². The van der Waals surface area contributed by atoms with E-state index >= 15 is 0 Å². The molecule has 1 aromatic carbocycles. The van der Waals surface area contributed by atoms with Gasteiger partial charge in [-0.05, 0) is 35.2 Å². The summed E-state index contributed by atoms with van der Waals surface area (Å²) < 4.78 is 18.8. The summed E-state index contributed by atoms with van der Waals surface area (Å²) in [5.41, 5.74) is 1.91. The maximum absolute atomic E-state index is 13.3. The Morgan fingerprint density at radius 1 is 1.18 bits per heavy atom. The van der Waals surface area contributed by atoms with Crippen molar-refractivity contribution in [3.8, 4) is 0 Å². The van der Waals surface area contributed by atoms with E-state index in [1.54, 1.807) is 18.3 Å². The molecule has 150 valence electrons. The van der Waals surface area contributed by atoms with Crippen LogP contribution in [0.3, 0.4) is 0 Å². The second-order valence-corrected chi connectivity index (χ2v) is 7.47. The van der Waals surface area contributed by atoms with Crippen molar-refractivity contribution in [3.63, 3.8) is 0 Å². The highest BCUT2D eigenvalue weighted by Crippen LogP contribution is 2.26. The quantitative estimate of drug-likeness (QED) is 0.796. The zero-order valence-electron chi connectivity index (χ0n) is 16.5. The average Bonchev–Trinajstić information content (AvgIpc) is 2.71. The molecule has 28 heavy (non-hydrogen) atoms. The number of halogens is 1. The number of rotatable bonds is 7. The normalized spacial score (nSPS) is 17.3. The average molecular weight is 385 g/mol. The van der Waals surface area contributed by atoms with Crippen molar-refractivity contribution in [2.45, 2.75) is 25.8 Å². The Labute approximate surface area is 165 Å². The number of carbonyl (C=O) groups is 1. The number of hydrogen-bond donors (Lipinski definition) is 1. The number of morpholine rings is 1. The zero-order chi connectivity index (χ0) is 19.9. The van der Waals surface area contributed by atoms with Crippen LogP contribution >= 0.6 is 0 Å². The third-order valence-electron chi connectivity index (χ3n) is 5.20. The molecule has 6 heteroatoms. The summed E-state index contributed by atoms with van der Waals surface area (Å²) in [7, 11) is 0. The van der Waals surface area contributed by atoms with Gasteiger partial charge >= 0.3 is 0 Å². The molecule has 1 fully saturated rings. The van der Waals surface area contributed by atoms with Gasteiger partial charge in [-0.15, -0.1) is 0 Å². The summed E-state index contributed by atoms with van der Waals surface area (Å²) in [4.78, 5) is 19.6. The van der Waals surface area contributed by atoms with Crippen LogP contribution in [-0.4, -0.2) is 48.6 Å². The van der Waals surface area contributed by atoms with Crippen LogP contribution in [-0.2, 0) is 9.53 Å². The second-order valence-electron chi connectivity index (χ2n) is 7.47. The van der Waals surface area contributed by atoms with Crippen LogP contribution in [0.25, 0.3) is 0 Å². The lowest BCUT2D eigenvalue weighted by molar-refractivity contribution is -0.123. The molecule has 1 N–H and O–H groups in total. The summed E-state index contributed by atoms with van der Waals surface area (Å²) in [6.45, 7) is 7.53. The van der Waals surface area contributed by atoms with Gasteiger partial charge in [-0.25, -0.2) is 4.39 Å². The van der Waals surface area contributed by atoms with Crippen LogP contribution in [0.2, 0.25) is 0 Å². The number of nitrogens with one attached hydrogen (secondary N) is 1. The minimum atomic E-state index is -0.320. The molecule has 5 nitrogen and oxygen atoms in total. The lowest BCUT2D eigenvalue weighted by Crippen LogP contribution is -2.44. The standard InChI is InChI=1S/C22H28FN3O2/c1-16(2)21(17-5-7-19(23)8-6-17)22(27)25-15-20(18-4-3-9-24-14-18)26-10-12-28-13-11-26/h3-9,14,16,20-21H,10-13,15H2,1-2H3,(H,25,27). The minimum absolute atomic E-state index is 0.0382. The maximum Gasteiger partial charge on any atom is 0.227 e. The number of benzene rings is 1. The van der Waals surface area contributed by atoms with Gasteiger partial charge in [0.05, 0.1) is 25.2 Å². The highest BCUT2D eigenvalue weighted by molar-refractivity contribution is 5.84. The topological polar surface area (TPSA) is 54.5 Å². The van der Waals surface area contributed by atoms with E-state index in [9.17, 15) is 9.18 Å². The Hall–Kier alpha value is -2.31. The lowest BCUT2D eigenvalue weighted by Gasteiger charge is -2.35. The third-order valence-corrected chi connectivity index (χ3v) is 5.20. The Morgan fingerprint density at radius 2 is 1.89 bits per heavy atom. The Kier molecular flexibility index (Phi) is 7.12. The maximum atomic E-state index is 13.3. The summed E-state index contributed by atoms with van der Waals surface area (Å²) >= 11 is 0. The fourth-order valence-electron chi connectivity index (χ4n) is 3.74. The molecule has 0 aliphatic carbocycles. The molecule has 3 rings (SSSR count). The highest BCUT2D eigenvalue weighted by atomic mass is 19.1. The largest absolute Gasteiger partial charge is 0.379 e. The Bertz CT molecular complexity index is 746. The van der Waals surface area contributed by atoms with Gasteiger partial charge in [0.2, 0.25) is 5.91 Å². The highest BCUT2D eigenvalue weighted by Gasteiger charge is 2.27. The fourth-order valence-corrected chi connectivity index (χ4v) is 3.74. The van der Waals surface area contributed by atoms with E-state index in [1.165, 1.54) is 12.1 Å². The van der Waals surface area contributed by atoms with Crippen molar-refractivity contribution in [1.29, 1.82) is 0 Å². The van der Waals surface area contributed by atoms with Gasteiger partial charge in [0, 0.05) is 32.0 Å². The van der Waals surface area contributed by atoms with Crippen LogP contribution in [0.1, 0.15) is 36.9 Å². The molecule has 0 radical (unpaired) electrons. The number of pyridine rings is 1. The molecule has 1 aliphatic heterocycles. The second kappa shape index (κ2) is 9.75. The van der Waals surface area contributed by atoms with Crippen LogP contribution in [0, 0.1) is 11.7 Å². The number of hydrogen-bond acceptors (Lipinski definition) is 4. The number of carbonyl (C=O) groups excluding carboxylic acids is 1. The summed E-state index contributed by atoms with van der Waals surface area (Å²) in [6.07, 6.45) is 3.61. The molecular formula is C22H28FN3O2. The first kappa shape index (κ1) is 20.4.